The van der Waals surface area contributed by atoms with Crippen LogP contribution >= 0.6 is 0 Å². The van der Waals surface area contributed by atoms with E-state index in [9.17, 15) is 0 Å². The van der Waals surface area contributed by atoms with E-state index in [1.807, 2.05) is 4.52 Å². The maximum absolute atomic E-state index is 6.72. The van der Waals surface area contributed by atoms with Crippen molar-refractivity contribution >= 4 is 11.5 Å². The van der Waals surface area contributed by atoms with Crippen molar-refractivity contribution in [2.45, 2.75) is 77.4 Å². The van der Waals surface area contributed by atoms with Crippen LogP contribution in [0, 0.1) is 6.92 Å². The van der Waals surface area contributed by atoms with Gasteiger partial charge in [-0.1, -0.05) is 87.9 Å². The lowest BCUT2D eigenvalue weighted by molar-refractivity contribution is -0.0269. The molecular weight excluding hydrogens is 494 g/mol. The number of hydrogen-bond acceptors (Lipinski definition) is 5. The third kappa shape index (κ3) is 6.73. The first-order valence-electron chi connectivity index (χ1n) is 15.0. The van der Waals surface area contributed by atoms with Gasteiger partial charge in [-0.3, -0.25) is 0 Å². The summed E-state index contributed by atoms with van der Waals surface area (Å²) in [7, 11) is 0. The molecule has 4 aromatic rings. The molecule has 1 aliphatic heterocycles. The SMILES string of the molecule is CCCC(C)(C)c1nc2ccc(NCCCN3CCC(OC(c4ccccc4)c4ccccc4)CC3)nn2c1C. The molecule has 0 radical (unpaired) electrons. The number of aromatic nitrogens is 3. The minimum atomic E-state index is -0.0130. The van der Waals surface area contributed by atoms with Crippen molar-refractivity contribution in [3.8, 4) is 0 Å². The number of hydrogen-bond donors (Lipinski definition) is 1. The molecule has 0 amide bonds. The van der Waals surface area contributed by atoms with E-state index in [-0.39, 0.29) is 17.6 Å². The second-order valence-electron chi connectivity index (χ2n) is 11.8. The molecule has 1 aliphatic rings. The van der Waals surface area contributed by atoms with Gasteiger partial charge < -0.3 is 15.0 Å². The van der Waals surface area contributed by atoms with Crippen molar-refractivity contribution in [2.75, 3.05) is 31.5 Å². The summed E-state index contributed by atoms with van der Waals surface area (Å²) < 4.78 is 8.72. The van der Waals surface area contributed by atoms with Gasteiger partial charge >= 0.3 is 0 Å². The van der Waals surface area contributed by atoms with Crippen LogP contribution in [-0.4, -0.2) is 51.8 Å². The van der Waals surface area contributed by atoms with Gasteiger partial charge in [-0.05, 0) is 62.4 Å². The molecule has 1 fully saturated rings. The molecule has 6 nitrogen and oxygen atoms in total. The number of nitrogens with zero attached hydrogens (tertiary/aromatic N) is 4. The number of imidazole rings is 1. The van der Waals surface area contributed by atoms with Crippen LogP contribution in [0.4, 0.5) is 5.82 Å². The number of anilines is 1. The van der Waals surface area contributed by atoms with Gasteiger partial charge in [0, 0.05) is 25.0 Å². The summed E-state index contributed by atoms with van der Waals surface area (Å²) in [6.07, 6.45) is 5.75. The van der Waals surface area contributed by atoms with Crippen molar-refractivity contribution in [3.63, 3.8) is 0 Å². The first-order valence-corrected chi connectivity index (χ1v) is 15.0. The molecule has 3 heterocycles. The molecule has 6 heteroatoms. The highest BCUT2D eigenvalue weighted by Gasteiger charge is 2.27. The van der Waals surface area contributed by atoms with Crippen LogP contribution in [0.15, 0.2) is 72.8 Å². The smallest absolute Gasteiger partial charge is 0.154 e. The van der Waals surface area contributed by atoms with Crippen molar-refractivity contribution in [1.29, 1.82) is 0 Å². The van der Waals surface area contributed by atoms with Gasteiger partial charge in [0.25, 0.3) is 0 Å². The number of likely N-dealkylation sites (tertiary alicyclic amines) is 1. The monoisotopic (exact) mass is 539 g/mol. The Bertz CT molecular complexity index is 1300. The van der Waals surface area contributed by atoms with Gasteiger partial charge in [0.1, 0.15) is 11.9 Å². The van der Waals surface area contributed by atoms with E-state index in [1.165, 1.54) is 11.1 Å². The minimum Gasteiger partial charge on any atom is -0.369 e. The van der Waals surface area contributed by atoms with Crippen molar-refractivity contribution in [2.24, 2.45) is 0 Å². The average Bonchev–Trinajstić information content (AvgIpc) is 3.32. The van der Waals surface area contributed by atoms with E-state index >= 15 is 0 Å². The Kier molecular flexibility index (Phi) is 9.18. The number of aryl methyl sites for hydroxylation is 1. The fraction of sp³-hybridized carbons (Fsp3) is 0.471. The molecule has 40 heavy (non-hydrogen) atoms. The van der Waals surface area contributed by atoms with E-state index < -0.39 is 0 Å². The van der Waals surface area contributed by atoms with Crippen LogP contribution < -0.4 is 5.32 Å². The fourth-order valence-electron chi connectivity index (χ4n) is 6.11. The van der Waals surface area contributed by atoms with E-state index in [2.05, 4.69) is 111 Å². The van der Waals surface area contributed by atoms with Crippen molar-refractivity contribution in [1.82, 2.24) is 19.5 Å². The van der Waals surface area contributed by atoms with Crippen LogP contribution in [-0.2, 0) is 10.2 Å². The number of rotatable bonds is 12. The number of nitrogens with one attached hydrogen (secondary N) is 1. The third-order valence-corrected chi connectivity index (χ3v) is 8.24. The van der Waals surface area contributed by atoms with E-state index in [1.54, 1.807) is 0 Å². The number of benzene rings is 2. The first kappa shape index (κ1) is 28.3. The molecular formula is C34H45N5O. The average molecular weight is 540 g/mol. The summed E-state index contributed by atoms with van der Waals surface area (Å²) in [5.74, 6) is 0.910. The molecule has 2 aromatic heterocycles. The molecule has 0 spiro atoms. The molecule has 212 valence electrons. The lowest BCUT2D eigenvalue weighted by Crippen LogP contribution is -2.38. The molecule has 0 atom stereocenters. The molecule has 0 unspecified atom stereocenters. The highest BCUT2D eigenvalue weighted by Crippen LogP contribution is 2.31. The van der Waals surface area contributed by atoms with Crippen LogP contribution in [0.3, 0.4) is 0 Å². The summed E-state index contributed by atoms with van der Waals surface area (Å²) in [6.45, 7) is 13.1. The van der Waals surface area contributed by atoms with E-state index in [0.717, 1.165) is 81.1 Å². The van der Waals surface area contributed by atoms with Crippen molar-refractivity contribution < 1.29 is 4.74 Å². The Morgan fingerprint density at radius 1 is 0.950 bits per heavy atom. The summed E-state index contributed by atoms with van der Waals surface area (Å²) in [5, 5.41) is 8.39. The second-order valence-corrected chi connectivity index (χ2v) is 11.8. The Hall–Kier alpha value is -3.22. The van der Waals surface area contributed by atoms with Crippen LogP contribution in [0.2, 0.25) is 0 Å². The molecule has 1 saturated heterocycles. The highest BCUT2D eigenvalue weighted by atomic mass is 16.5. The number of fused-ring (bicyclic) bond motifs is 1. The number of ether oxygens (including phenoxy) is 1. The number of piperidine rings is 1. The van der Waals surface area contributed by atoms with E-state index in [4.69, 9.17) is 14.8 Å². The van der Waals surface area contributed by atoms with Crippen LogP contribution in [0.1, 0.15) is 81.5 Å². The summed E-state index contributed by atoms with van der Waals surface area (Å²) >= 11 is 0. The predicted molar refractivity (Wildman–Crippen MR) is 164 cm³/mol. The van der Waals surface area contributed by atoms with Crippen LogP contribution in [0.5, 0.6) is 0 Å². The van der Waals surface area contributed by atoms with Gasteiger partial charge in [-0.15, -0.1) is 5.10 Å². The zero-order valence-corrected chi connectivity index (χ0v) is 24.6. The molecule has 1 N–H and O–H groups in total. The molecule has 5 rings (SSSR count). The fourth-order valence-corrected chi connectivity index (χ4v) is 6.11. The predicted octanol–water partition coefficient (Wildman–Crippen LogP) is 7.19. The van der Waals surface area contributed by atoms with Crippen molar-refractivity contribution in [3.05, 3.63) is 95.3 Å². The standard InChI is InChI=1S/C34H45N5O/c1-5-21-34(3,4)33-26(2)39-31(36-33)18-17-30(37-39)35-22-12-23-38-24-19-29(20-25-38)40-32(27-13-8-6-9-14-27)28-15-10-7-11-16-28/h6-11,13-18,29,32H,5,12,19-25H2,1-4H3,(H,35,37). The lowest BCUT2D eigenvalue weighted by atomic mass is 9.84. The Balaban J connectivity index is 1.09. The van der Waals surface area contributed by atoms with Gasteiger partial charge in [0.05, 0.1) is 17.5 Å². The Morgan fingerprint density at radius 3 is 2.23 bits per heavy atom. The quantitative estimate of drug-likeness (QED) is 0.193. The Labute approximate surface area is 239 Å². The molecule has 0 saturated carbocycles. The van der Waals surface area contributed by atoms with Gasteiger partial charge in [0.15, 0.2) is 5.65 Å². The second kappa shape index (κ2) is 13.0. The molecule has 0 bridgehead atoms. The van der Waals surface area contributed by atoms with Gasteiger partial charge in [0.2, 0.25) is 0 Å². The third-order valence-electron chi connectivity index (χ3n) is 8.24. The summed E-state index contributed by atoms with van der Waals surface area (Å²) in [4.78, 5) is 7.49. The highest BCUT2D eigenvalue weighted by molar-refractivity contribution is 5.48. The van der Waals surface area contributed by atoms with E-state index in [0.29, 0.717) is 0 Å². The topological polar surface area (TPSA) is 54.7 Å². The largest absolute Gasteiger partial charge is 0.369 e. The maximum atomic E-state index is 6.72. The Morgan fingerprint density at radius 2 is 1.60 bits per heavy atom. The van der Waals surface area contributed by atoms with Gasteiger partial charge in [-0.2, -0.15) is 0 Å². The zero-order chi connectivity index (χ0) is 28.0. The first-order chi connectivity index (χ1) is 19.4. The summed E-state index contributed by atoms with van der Waals surface area (Å²) in [5.41, 5.74) is 5.73. The van der Waals surface area contributed by atoms with Gasteiger partial charge in [-0.25, -0.2) is 9.50 Å². The lowest BCUT2D eigenvalue weighted by Gasteiger charge is -2.34. The normalized spacial score (nSPS) is 15.2. The zero-order valence-electron chi connectivity index (χ0n) is 24.6. The minimum absolute atomic E-state index is 0.0130. The summed E-state index contributed by atoms with van der Waals surface area (Å²) in [6, 6.07) is 25.4. The molecule has 2 aromatic carbocycles. The molecule has 0 aliphatic carbocycles. The maximum Gasteiger partial charge on any atom is 0.154 e. The van der Waals surface area contributed by atoms with Crippen LogP contribution in [0.25, 0.3) is 5.65 Å².